The van der Waals surface area contributed by atoms with Crippen LogP contribution in [-0.2, 0) is 9.59 Å². The summed E-state index contributed by atoms with van der Waals surface area (Å²) < 4.78 is 13.6. The molecule has 2 aromatic carbocycles. The normalized spacial score (nSPS) is 19.9. The molecule has 0 saturated carbocycles. The van der Waals surface area contributed by atoms with Crippen molar-refractivity contribution in [3.8, 4) is 11.4 Å². The Kier molecular flexibility index (Phi) is 9.00. The molecule has 1 aromatic heterocycles. The number of carbonyl (C=O) groups excluding carboxylic acids is 1. The number of aromatic amines is 1. The van der Waals surface area contributed by atoms with Crippen LogP contribution in [0.3, 0.4) is 0 Å². The van der Waals surface area contributed by atoms with Crippen LogP contribution >= 0.6 is 11.6 Å². The van der Waals surface area contributed by atoms with Crippen LogP contribution in [0.2, 0.25) is 5.02 Å². The predicted octanol–water partition coefficient (Wildman–Crippen LogP) is 4.54. The lowest BCUT2D eigenvalue weighted by atomic mass is 9.96. The number of halogens is 2. The van der Waals surface area contributed by atoms with Crippen molar-refractivity contribution in [3.05, 3.63) is 47.2 Å². The van der Waals surface area contributed by atoms with Crippen molar-refractivity contribution in [3.63, 3.8) is 0 Å². The summed E-state index contributed by atoms with van der Waals surface area (Å²) in [5.74, 6) is 0.424. The maximum absolute atomic E-state index is 13.6. The van der Waals surface area contributed by atoms with Gasteiger partial charge >= 0.3 is 0 Å². The molecule has 2 atom stereocenters. The molecule has 3 heterocycles. The fourth-order valence-corrected chi connectivity index (χ4v) is 5.48. The third-order valence-electron chi connectivity index (χ3n) is 7.25. The van der Waals surface area contributed by atoms with Gasteiger partial charge in [-0.25, -0.2) is 9.37 Å². The summed E-state index contributed by atoms with van der Waals surface area (Å²) in [7, 11) is 2.17. The number of imidazole rings is 1. The number of H-pyrrole nitrogens is 1. The molecule has 8 nitrogen and oxygen atoms in total. The quantitative estimate of drug-likeness (QED) is 0.405. The van der Waals surface area contributed by atoms with E-state index in [1.54, 1.807) is 6.07 Å². The van der Waals surface area contributed by atoms with Crippen molar-refractivity contribution >= 4 is 40.7 Å². The SMILES string of the molecule is CN1CCCC1CCNC(=O)[C@H]1CCCN(c2ccc(Cl)c(-c3nc4ccc(F)cc4[nH]3)c2)C1.O=CO. The lowest BCUT2D eigenvalue weighted by Crippen LogP contribution is -2.44. The van der Waals surface area contributed by atoms with Gasteiger partial charge in [-0.2, -0.15) is 0 Å². The molecule has 2 aliphatic heterocycles. The molecule has 0 radical (unpaired) electrons. The molecule has 5 rings (SSSR count). The van der Waals surface area contributed by atoms with Crippen molar-refractivity contribution in [2.45, 2.75) is 38.1 Å². The first-order valence-electron chi connectivity index (χ1n) is 12.7. The summed E-state index contributed by atoms with van der Waals surface area (Å²) in [5.41, 5.74) is 3.10. The minimum absolute atomic E-state index is 0.0247. The molecule has 37 heavy (non-hydrogen) atoms. The van der Waals surface area contributed by atoms with Gasteiger partial charge in [0.05, 0.1) is 22.0 Å². The molecule has 10 heteroatoms. The number of benzene rings is 2. The van der Waals surface area contributed by atoms with Gasteiger partial charge in [-0.3, -0.25) is 9.59 Å². The van der Waals surface area contributed by atoms with Crippen LogP contribution in [0.15, 0.2) is 36.4 Å². The summed E-state index contributed by atoms with van der Waals surface area (Å²) in [4.78, 5) is 33.7. The number of nitrogens with zero attached hydrogens (tertiary/aromatic N) is 3. The lowest BCUT2D eigenvalue weighted by Gasteiger charge is -2.34. The van der Waals surface area contributed by atoms with Gasteiger partial charge < -0.3 is 25.2 Å². The van der Waals surface area contributed by atoms with Crippen molar-refractivity contribution in [2.24, 2.45) is 5.92 Å². The van der Waals surface area contributed by atoms with Crippen LogP contribution in [-0.4, -0.2) is 71.6 Å². The molecule has 2 fully saturated rings. The first-order valence-corrected chi connectivity index (χ1v) is 13.0. The maximum atomic E-state index is 13.6. The van der Waals surface area contributed by atoms with Crippen molar-refractivity contribution in [1.82, 2.24) is 20.2 Å². The van der Waals surface area contributed by atoms with E-state index in [-0.39, 0.29) is 24.1 Å². The zero-order valence-corrected chi connectivity index (χ0v) is 21.7. The number of carbonyl (C=O) groups is 2. The van der Waals surface area contributed by atoms with E-state index in [1.165, 1.54) is 25.0 Å². The number of rotatable bonds is 6. The number of hydrogen-bond donors (Lipinski definition) is 3. The number of likely N-dealkylation sites (tertiary alicyclic amines) is 1. The summed E-state index contributed by atoms with van der Waals surface area (Å²) in [6, 6.07) is 10.9. The Labute approximate surface area is 220 Å². The summed E-state index contributed by atoms with van der Waals surface area (Å²) >= 11 is 6.51. The number of anilines is 1. The van der Waals surface area contributed by atoms with Crippen LogP contribution in [0.4, 0.5) is 10.1 Å². The molecule has 3 aromatic rings. The van der Waals surface area contributed by atoms with Gasteiger partial charge in [-0.15, -0.1) is 0 Å². The van der Waals surface area contributed by atoms with Crippen LogP contribution < -0.4 is 10.2 Å². The standard InChI is InChI=1S/C26H31ClFN5O.CH2O2/c1-32-12-3-5-19(32)10-11-29-26(34)17-4-2-13-33(16-17)20-7-8-22(27)21(15-20)25-30-23-9-6-18(28)14-24(23)31-25;2-1-3/h6-9,14-15,17,19H,2-5,10-13,16H2,1H3,(H,29,34)(H,30,31);1H,(H,2,3)/t17-,19?;/m0./s1. The Morgan fingerprint density at radius 3 is 2.78 bits per heavy atom. The molecular weight excluding hydrogens is 497 g/mol. The summed E-state index contributed by atoms with van der Waals surface area (Å²) in [6.45, 7) is 3.22. The second kappa shape index (κ2) is 12.4. The van der Waals surface area contributed by atoms with Crippen molar-refractivity contribution in [1.29, 1.82) is 0 Å². The number of piperidine rings is 1. The Balaban J connectivity index is 0.00000102. The molecule has 2 aliphatic rings. The Morgan fingerprint density at radius 1 is 1.24 bits per heavy atom. The molecule has 1 unspecified atom stereocenters. The highest BCUT2D eigenvalue weighted by atomic mass is 35.5. The van der Waals surface area contributed by atoms with E-state index in [1.807, 2.05) is 18.2 Å². The fraction of sp³-hybridized carbons (Fsp3) is 0.444. The van der Waals surface area contributed by atoms with Gasteiger partial charge in [-0.1, -0.05) is 11.6 Å². The number of aromatic nitrogens is 2. The Morgan fingerprint density at radius 2 is 2.03 bits per heavy atom. The lowest BCUT2D eigenvalue weighted by molar-refractivity contribution is -0.125. The van der Waals surface area contributed by atoms with E-state index in [4.69, 9.17) is 21.5 Å². The third kappa shape index (κ3) is 6.59. The third-order valence-corrected chi connectivity index (χ3v) is 7.58. The summed E-state index contributed by atoms with van der Waals surface area (Å²) in [5, 5.41) is 10.6. The van der Waals surface area contributed by atoms with E-state index >= 15 is 0 Å². The first kappa shape index (κ1) is 26.9. The molecule has 0 spiro atoms. The Bertz CT molecular complexity index is 1240. The van der Waals surface area contributed by atoms with Crippen LogP contribution in [0.5, 0.6) is 0 Å². The minimum atomic E-state index is -0.310. The zero-order chi connectivity index (χ0) is 26.4. The maximum Gasteiger partial charge on any atom is 0.290 e. The number of carboxylic acid groups (broad SMARTS) is 1. The van der Waals surface area contributed by atoms with Gasteiger partial charge in [-0.05, 0) is 82.1 Å². The number of nitrogens with one attached hydrogen (secondary N) is 2. The largest absolute Gasteiger partial charge is 0.483 e. The molecule has 3 N–H and O–H groups in total. The molecule has 0 bridgehead atoms. The van der Waals surface area contributed by atoms with E-state index in [9.17, 15) is 9.18 Å². The topological polar surface area (TPSA) is 102 Å². The molecular formula is C27H33ClFN5O3. The predicted molar refractivity (Wildman–Crippen MR) is 143 cm³/mol. The highest BCUT2D eigenvalue weighted by Gasteiger charge is 2.27. The van der Waals surface area contributed by atoms with E-state index in [2.05, 4.69) is 32.1 Å². The van der Waals surface area contributed by atoms with Crippen molar-refractivity contribution in [2.75, 3.05) is 38.1 Å². The molecule has 198 valence electrons. The number of fused-ring (bicyclic) bond motifs is 1. The van der Waals surface area contributed by atoms with Gasteiger partial charge in [0.2, 0.25) is 5.91 Å². The smallest absolute Gasteiger partial charge is 0.290 e. The van der Waals surface area contributed by atoms with Gasteiger partial charge in [0.25, 0.3) is 6.47 Å². The van der Waals surface area contributed by atoms with Crippen molar-refractivity contribution < 1.29 is 19.1 Å². The Hall–Kier alpha value is -3.17. The van der Waals surface area contributed by atoms with Gasteiger partial charge in [0.15, 0.2) is 0 Å². The van der Waals surface area contributed by atoms with Gasteiger partial charge in [0.1, 0.15) is 11.6 Å². The molecule has 2 saturated heterocycles. The molecule has 1 amide bonds. The average Bonchev–Trinajstić information content (AvgIpc) is 3.50. The fourth-order valence-electron chi connectivity index (χ4n) is 5.28. The monoisotopic (exact) mass is 529 g/mol. The minimum Gasteiger partial charge on any atom is -0.483 e. The highest BCUT2D eigenvalue weighted by Crippen LogP contribution is 2.33. The summed E-state index contributed by atoms with van der Waals surface area (Å²) in [6.07, 6.45) is 5.36. The molecule has 0 aliphatic carbocycles. The van der Waals surface area contributed by atoms with E-state index < -0.39 is 0 Å². The second-order valence-corrected chi connectivity index (χ2v) is 10.1. The van der Waals surface area contributed by atoms with Gasteiger partial charge in [0, 0.05) is 36.9 Å². The van der Waals surface area contributed by atoms with Crippen LogP contribution in [0.25, 0.3) is 22.4 Å². The zero-order valence-electron chi connectivity index (χ0n) is 20.9. The number of hydrogen-bond acceptors (Lipinski definition) is 5. The first-order chi connectivity index (χ1) is 17.9. The van der Waals surface area contributed by atoms with Crippen LogP contribution in [0, 0.1) is 11.7 Å². The second-order valence-electron chi connectivity index (χ2n) is 9.66. The number of amides is 1. The highest BCUT2D eigenvalue weighted by molar-refractivity contribution is 6.33. The van der Waals surface area contributed by atoms with Crippen LogP contribution in [0.1, 0.15) is 32.1 Å². The average molecular weight is 530 g/mol. The van der Waals surface area contributed by atoms with E-state index in [0.29, 0.717) is 34.5 Å². The van der Waals surface area contributed by atoms with E-state index in [0.717, 1.165) is 50.1 Å².